The van der Waals surface area contributed by atoms with E-state index in [1.165, 1.54) is 6.42 Å². The molecule has 0 N–H and O–H groups in total. The largest absolute Gasteiger partial charge is 0.300 e. The second-order valence-electron chi connectivity index (χ2n) is 7.07. The maximum Gasteiger partial charge on any atom is 0.133 e. The first-order chi connectivity index (χ1) is 9.51. The Balaban J connectivity index is 1.98. The summed E-state index contributed by atoms with van der Waals surface area (Å²) in [4.78, 5) is 12.0. The number of ketones is 1. The molecule has 0 radical (unpaired) electrons. The summed E-state index contributed by atoms with van der Waals surface area (Å²) >= 11 is 0. The lowest BCUT2D eigenvalue weighted by Gasteiger charge is -2.39. The summed E-state index contributed by atoms with van der Waals surface area (Å²) < 4.78 is 0. The van der Waals surface area contributed by atoms with Crippen LogP contribution in [-0.2, 0) is 4.79 Å². The summed E-state index contributed by atoms with van der Waals surface area (Å²) in [5.74, 6) is 1.89. The third-order valence-corrected chi connectivity index (χ3v) is 9.96. The maximum atomic E-state index is 12.0. The Bertz CT molecular complexity index is 532. The summed E-state index contributed by atoms with van der Waals surface area (Å²) in [6, 6.07) is 11.0. The number of rotatable bonds is 3. The summed E-state index contributed by atoms with van der Waals surface area (Å²) in [7, 11) is -1.53. The van der Waals surface area contributed by atoms with Crippen molar-refractivity contribution >= 4 is 19.0 Å². The van der Waals surface area contributed by atoms with Crippen LogP contribution in [0.5, 0.6) is 0 Å². The number of Topliss-reactive ketones (excluding diaryl/α,β-unsaturated/α-hetero) is 1. The van der Waals surface area contributed by atoms with Crippen LogP contribution in [0.2, 0.25) is 18.6 Å². The topological polar surface area (TPSA) is 17.1 Å². The van der Waals surface area contributed by atoms with Crippen molar-refractivity contribution < 1.29 is 4.79 Å². The van der Waals surface area contributed by atoms with Crippen molar-refractivity contribution in [3.8, 4) is 0 Å². The summed E-state index contributed by atoms with van der Waals surface area (Å²) in [6.45, 7) is 6.77. The van der Waals surface area contributed by atoms with Crippen LogP contribution in [0.1, 0.15) is 19.8 Å². The fourth-order valence-corrected chi connectivity index (χ4v) is 8.86. The highest BCUT2D eigenvalue weighted by molar-refractivity contribution is 6.91. The Morgan fingerprint density at radius 3 is 2.55 bits per heavy atom. The van der Waals surface area contributed by atoms with Crippen molar-refractivity contribution in [2.75, 3.05) is 0 Å². The maximum absolute atomic E-state index is 12.0. The normalized spacial score (nSPS) is 32.4. The molecule has 0 heterocycles. The third kappa shape index (κ3) is 2.10. The van der Waals surface area contributed by atoms with Crippen LogP contribution < -0.4 is 5.19 Å². The predicted molar refractivity (Wildman–Crippen MR) is 86.8 cm³/mol. The number of allylic oxidation sites excluding steroid dienone is 2. The summed E-state index contributed by atoms with van der Waals surface area (Å²) in [6.07, 6.45) is 6.97. The van der Waals surface area contributed by atoms with Crippen molar-refractivity contribution in [2.45, 2.75) is 38.4 Å². The molecule has 1 aromatic rings. The molecule has 106 valence electrons. The second-order valence-corrected chi connectivity index (χ2v) is 11.8. The van der Waals surface area contributed by atoms with E-state index in [0.717, 1.165) is 17.9 Å². The molecule has 4 atom stereocenters. The second kappa shape index (κ2) is 4.99. The van der Waals surface area contributed by atoms with E-state index in [9.17, 15) is 4.79 Å². The Kier molecular flexibility index (Phi) is 3.45. The van der Waals surface area contributed by atoms with Crippen molar-refractivity contribution in [1.82, 2.24) is 0 Å². The van der Waals surface area contributed by atoms with E-state index in [-0.39, 0.29) is 5.92 Å². The van der Waals surface area contributed by atoms with Crippen LogP contribution in [0.15, 0.2) is 42.5 Å². The van der Waals surface area contributed by atoms with E-state index in [0.29, 0.717) is 11.7 Å². The van der Waals surface area contributed by atoms with Gasteiger partial charge in [0.05, 0.1) is 8.07 Å². The predicted octanol–water partition coefficient (Wildman–Crippen LogP) is 3.77. The van der Waals surface area contributed by atoms with Crippen LogP contribution in [0, 0.1) is 17.8 Å². The van der Waals surface area contributed by atoms with E-state index in [1.54, 1.807) is 12.1 Å². The van der Waals surface area contributed by atoms with Gasteiger partial charge in [0.25, 0.3) is 0 Å². The lowest BCUT2D eigenvalue weighted by molar-refractivity contribution is -0.121. The number of carbonyl (C=O) groups is 1. The van der Waals surface area contributed by atoms with E-state index < -0.39 is 8.07 Å². The Morgan fingerprint density at radius 1 is 1.20 bits per heavy atom. The molecular formula is C18H24OSi. The molecule has 0 aliphatic heterocycles. The van der Waals surface area contributed by atoms with E-state index in [1.807, 2.05) is 0 Å². The molecule has 0 saturated heterocycles. The van der Waals surface area contributed by atoms with Gasteiger partial charge in [0.1, 0.15) is 5.78 Å². The molecule has 1 saturated carbocycles. The quantitative estimate of drug-likeness (QED) is 0.610. The lowest BCUT2D eigenvalue weighted by Crippen LogP contribution is -2.49. The van der Waals surface area contributed by atoms with Gasteiger partial charge in [-0.3, -0.25) is 4.79 Å². The molecule has 2 aliphatic rings. The van der Waals surface area contributed by atoms with E-state index in [2.05, 4.69) is 55.6 Å². The molecule has 3 rings (SSSR count). The SMILES string of the molecule is CC(=O)[C@@H]1C[C@H]2CC=C[C@@H]1[C@@H]2[Si](C)(C)c1ccccc1. The number of carbonyl (C=O) groups excluding carboxylic acids is 1. The van der Waals surface area contributed by atoms with Crippen molar-refractivity contribution in [1.29, 1.82) is 0 Å². The van der Waals surface area contributed by atoms with Gasteiger partial charge in [0, 0.05) is 5.92 Å². The van der Waals surface area contributed by atoms with Gasteiger partial charge in [-0.2, -0.15) is 0 Å². The van der Waals surface area contributed by atoms with E-state index in [4.69, 9.17) is 0 Å². The zero-order chi connectivity index (χ0) is 14.3. The molecule has 0 spiro atoms. The molecule has 2 aliphatic carbocycles. The first-order valence-corrected chi connectivity index (χ1v) is 10.8. The van der Waals surface area contributed by atoms with Gasteiger partial charge in [-0.1, -0.05) is 60.8 Å². The van der Waals surface area contributed by atoms with Gasteiger partial charge < -0.3 is 0 Å². The zero-order valence-corrected chi connectivity index (χ0v) is 13.7. The minimum atomic E-state index is -1.53. The fraction of sp³-hybridized carbons (Fsp3) is 0.500. The Hall–Kier alpha value is -1.15. The number of benzene rings is 1. The van der Waals surface area contributed by atoms with Gasteiger partial charge >= 0.3 is 0 Å². The monoisotopic (exact) mass is 284 g/mol. The molecule has 20 heavy (non-hydrogen) atoms. The smallest absolute Gasteiger partial charge is 0.133 e. The molecule has 2 heteroatoms. The highest BCUT2D eigenvalue weighted by Gasteiger charge is 2.52. The summed E-state index contributed by atoms with van der Waals surface area (Å²) in [5.41, 5.74) is 0.726. The highest BCUT2D eigenvalue weighted by atomic mass is 28.3. The molecule has 0 amide bonds. The minimum absolute atomic E-state index is 0.277. The third-order valence-electron chi connectivity index (χ3n) is 5.61. The van der Waals surface area contributed by atoms with Crippen LogP contribution in [0.4, 0.5) is 0 Å². The Morgan fingerprint density at radius 2 is 1.90 bits per heavy atom. The van der Waals surface area contributed by atoms with Gasteiger partial charge in [0.15, 0.2) is 0 Å². The van der Waals surface area contributed by atoms with Gasteiger partial charge in [-0.25, -0.2) is 0 Å². The Labute approximate surface area is 123 Å². The van der Waals surface area contributed by atoms with Crippen LogP contribution >= 0.6 is 0 Å². The van der Waals surface area contributed by atoms with Crippen LogP contribution in [-0.4, -0.2) is 13.9 Å². The zero-order valence-electron chi connectivity index (χ0n) is 12.7. The van der Waals surface area contributed by atoms with Gasteiger partial charge in [0.2, 0.25) is 0 Å². The highest BCUT2D eigenvalue weighted by Crippen LogP contribution is 2.55. The first kappa shape index (κ1) is 13.8. The van der Waals surface area contributed by atoms with Crippen molar-refractivity contribution in [2.24, 2.45) is 17.8 Å². The average molecular weight is 284 g/mol. The standard InChI is InChI=1S/C18H24OSi/c1-13(19)17-12-14-8-7-11-16(17)18(14)20(2,3)15-9-5-4-6-10-15/h4-7,9-11,14,16-18H,8,12H2,1-3H3/t14-,16+,17+,18-/m1/s1. The summed E-state index contributed by atoms with van der Waals surface area (Å²) in [5, 5.41) is 1.54. The number of hydrogen-bond donors (Lipinski definition) is 0. The molecule has 1 nitrogen and oxygen atoms in total. The van der Waals surface area contributed by atoms with Crippen LogP contribution in [0.25, 0.3) is 0 Å². The molecule has 2 bridgehead atoms. The fourth-order valence-electron chi connectivity index (χ4n) is 4.67. The molecule has 1 aromatic carbocycles. The van der Waals surface area contributed by atoms with Crippen molar-refractivity contribution in [3.63, 3.8) is 0 Å². The van der Waals surface area contributed by atoms with E-state index >= 15 is 0 Å². The molecule has 0 aromatic heterocycles. The molecular weight excluding hydrogens is 260 g/mol. The first-order valence-electron chi connectivity index (χ1n) is 7.74. The lowest BCUT2D eigenvalue weighted by atomic mass is 9.90. The van der Waals surface area contributed by atoms with Crippen LogP contribution in [0.3, 0.4) is 0 Å². The molecule has 0 unspecified atom stereocenters. The minimum Gasteiger partial charge on any atom is -0.300 e. The van der Waals surface area contributed by atoms with Gasteiger partial charge in [-0.15, -0.1) is 0 Å². The van der Waals surface area contributed by atoms with Gasteiger partial charge in [-0.05, 0) is 37.1 Å². The average Bonchev–Trinajstić information content (AvgIpc) is 2.68. The van der Waals surface area contributed by atoms with Crippen molar-refractivity contribution in [3.05, 3.63) is 42.5 Å². The number of hydrogen-bond acceptors (Lipinski definition) is 1. The number of fused-ring (bicyclic) bond motifs is 2. The molecule has 1 fully saturated rings.